The standard InChI is InChI=1S/C11H21NO2S/c1-3-14-11(13)8-15-10-7-5-4-6-9(10)12-2/h9-10,12H,3-8H2,1-2H3. The van der Waals surface area contributed by atoms with Crippen LogP contribution in [0.4, 0.5) is 0 Å². The Kier molecular flexibility index (Phi) is 6.10. The molecular weight excluding hydrogens is 210 g/mol. The molecule has 15 heavy (non-hydrogen) atoms. The molecule has 0 bridgehead atoms. The van der Waals surface area contributed by atoms with E-state index in [-0.39, 0.29) is 5.97 Å². The van der Waals surface area contributed by atoms with Gasteiger partial charge in [0.15, 0.2) is 0 Å². The fourth-order valence-electron chi connectivity index (χ4n) is 2.00. The first kappa shape index (κ1) is 12.8. The van der Waals surface area contributed by atoms with Gasteiger partial charge in [0.25, 0.3) is 0 Å². The van der Waals surface area contributed by atoms with Crippen molar-refractivity contribution in [3.05, 3.63) is 0 Å². The van der Waals surface area contributed by atoms with E-state index >= 15 is 0 Å². The molecule has 1 fully saturated rings. The number of rotatable bonds is 5. The summed E-state index contributed by atoms with van der Waals surface area (Å²) in [5, 5.41) is 3.91. The second-order valence-corrected chi connectivity index (χ2v) is 5.06. The average molecular weight is 231 g/mol. The molecule has 0 aromatic rings. The molecule has 0 saturated heterocycles. The SMILES string of the molecule is CCOC(=O)CSC1CCCCC1NC. The zero-order chi connectivity index (χ0) is 11.1. The molecule has 1 rings (SSSR count). The Labute approximate surface area is 96.3 Å². The van der Waals surface area contributed by atoms with Gasteiger partial charge in [-0.3, -0.25) is 4.79 Å². The highest BCUT2D eigenvalue weighted by Crippen LogP contribution is 2.28. The van der Waals surface area contributed by atoms with E-state index < -0.39 is 0 Å². The van der Waals surface area contributed by atoms with Crippen LogP contribution in [0.3, 0.4) is 0 Å². The van der Waals surface area contributed by atoms with Gasteiger partial charge in [0.05, 0.1) is 12.4 Å². The second-order valence-electron chi connectivity index (χ2n) is 3.83. The minimum atomic E-state index is -0.0806. The maximum absolute atomic E-state index is 11.2. The summed E-state index contributed by atoms with van der Waals surface area (Å²) in [6.45, 7) is 2.33. The first-order chi connectivity index (χ1) is 7.27. The van der Waals surface area contributed by atoms with E-state index in [9.17, 15) is 4.79 Å². The van der Waals surface area contributed by atoms with E-state index in [1.807, 2.05) is 14.0 Å². The molecule has 1 saturated carbocycles. The molecule has 1 aliphatic carbocycles. The molecule has 0 amide bonds. The number of thioether (sulfide) groups is 1. The van der Waals surface area contributed by atoms with Crippen LogP contribution >= 0.6 is 11.8 Å². The number of nitrogens with one attached hydrogen (secondary N) is 1. The fourth-order valence-corrected chi connectivity index (χ4v) is 3.28. The maximum Gasteiger partial charge on any atom is 0.315 e. The van der Waals surface area contributed by atoms with Gasteiger partial charge in [-0.1, -0.05) is 12.8 Å². The largest absolute Gasteiger partial charge is 0.465 e. The predicted octanol–water partition coefficient (Wildman–Crippen LogP) is 1.81. The molecule has 0 spiro atoms. The van der Waals surface area contributed by atoms with Crippen molar-refractivity contribution in [3.63, 3.8) is 0 Å². The predicted molar refractivity (Wildman–Crippen MR) is 64.2 cm³/mol. The second kappa shape index (κ2) is 7.12. The van der Waals surface area contributed by atoms with Crippen molar-refractivity contribution in [2.75, 3.05) is 19.4 Å². The highest BCUT2D eigenvalue weighted by molar-refractivity contribution is 8.00. The Balaban J connectivity index is 2.26. The number of hydrogen-bond acceptors (Lipinski definition) is 4. The molecule has 1 aliphatic rings. The molecule has 0 radical (unpaired) electrons. The van der Waals surface area contributed by atoms with Gasteiger partial charge >= 0.3 is 5.97 Å². The Hall–Kier alpha value is -0.220. The fraction of sp³-hybridized carbons (Fsp3) is 0.909. The normalized spacial score (nSPS) is 26.3. The minimum absolute atomic E-state index is 0.0806. The third-order valence-corrected chi connectivity index (χ3v) is 4.19. The lowest BCUT2D eigenvalue weighted by Crippen LogP contribution is -2.38. The summed E-state index contributed by atoms with van der Waals surface area (Å²) >= 11 is 1.74. The first-order valence-electron chi connectivity index (χ1n) is 5.72. The van der Waals surface area contributed by atoms with E-state index in [0.717, 1.165) is 0 Å². The van der Waals surface area contributed by atoms with Crippen LogP contribution in [0.5, 0.6) is 0 Å². The summed E-state index contributed by atoms with van der Waals surface area (Å²) in [4.78, 5) is 11.2. The van der Waals surface area contributed by atoms with Crippen molar-refractivity contribution in [3.8, 4) is 0 Å². The van der Waals surface area contributed by atoms with Crippen LogP contribution in [0.25, 0.3) is 0 Å². The van der Waals surface area contributed by atoms with Gasteiger partial charge in [-0.05, 0) is 26.8 Å². The van der Waals surface area contributed by atoms with Crippen molar-refractivity contribution < 1.29 is 9.53 Å². The van der Waals surface area contributed by atoms with Crippen molar-refractivity contribution in [1.29, 1.82) is 0 Å². The van der Waals surface area contributed by atoms with E-state index in [1.165, 1.54) is 25.7 Å². The molecule has 0 heterocycles. The number of carbonyl (C=O) groups is 1. The molecule has 0 aromatic carbocycles. The number of hydrogen-bond donors (Lipinski definition) is 1. The van der Waals surface area contributed by atoms with Gasteiger partial charge in [0.1, 0.15) is 0 Å². The van der Waals surface area contributed by atoms with Crippen LogP contribution in [-0.4, -0.2) is 36.7 Å². The van der Waals surface area contributed by atoms with Crippen LogP contribution < -0.4 is 5.32 Å². The molecule has 0 aromatic heterocycles. The summed E-state index contributed by atoms with van der Waals surface area (Å²) in [7, 11) is 2.01. The van der Waals surface area contributed by atoms with Crippen LogP contribution in [-0.2, 0) is 9.53 Å². The summed E-state index contributed by atoms with van der Waals surface area (Å²) in [6.07, 6.45) is 5.05. The van der Waals surface area contributed by atoms with Gasteiger partial charge in [0.2, 0.25) is 0 Å². The number of esters is 1. The van der Waals surface area contributed by atoms with Crippen LogP contribution in [0.2, 0.25) is 0 Å². The lowest BCUT2D eigenvalue weighted by molar-refractivity contribution is -0.139. The topological polar surface area (TPSA) is 38.3 Å². The summed E-state index contributed by atoms with van der Waals surface area (Å²) in [5.41, 5.74) is 0. The maximum atomic E-state index is 11.2. The Morgan fingerprint density at radius 1 is 1.47 bits per heavy atom. The third-order valence-electron chi connectivity index (χ3n) is 2.79. The summed E-state index contributed by atoms with van der Waals surface area (Å²) in [5.74, 6) is 0.416. The van der Waals surface area contributed by atoms with E-state index in [1.54, 1.807) is 11.8 Å². The van der Waals surface area contributed by atoms with Gasteiger partial charge in [-0.15, -0.1) is 11.8 Å². The molecule has 3 nitrogen and oxygen atoms in total. The molecule has 4 heteroatoms. The van der Waals surface area contributed by atoms with Crippen molar-refractivity contribution in [2.24, 2.45) is 0 Å². The monoisotopic (exact) mass is 231 g/mol. The zero-order valence-corrected chi connectivity index (χ0v) is 10.4. The van der Waals surface area contributed by atoms with E-state index in [4.69, 9.17) is 4.74 Å². The molecular formula is C11H21NO2S. The first-order valence-corrected chi connectivity index (χ1v) is 6.77. The van der Waals surface area contributed by atoms with Crippen LogP contribution in [0, 0.1) is 0 Å². The summed E-state index contributed by atoms with van der Waals surface area (Å²) in [6, 6.07) is 0.568. The Bertz CT molecular complexity index is 199. The molecule has 88 valence electrons. The van der Waals surface area contributed by atoms with Crippen molar-refractivity contribution in [1.82, 2.24) is 5.32 Å². The minimum Gasteiger partial charge on any atom is -0.465 e. The molecule has 0 aliphatic heterocycles. The number of ether oxygens (including phenoxy) is 1. The van der Waals surface area contributed by atoms with Crippen LogP contribution in [0.15, 0.2) is 0 Å². The van der Waals surface area contributed by atoms with Crippen molar-refractivity contribution >= 4 is 17.7 Å². The zero-order valence-electron chi connectivity index (χ0n) is 9.62. The van der Waals surface area contributed by atoms with Gasteiger partial charge in [-0.25, -0.2) is 0 Å². The van der Waals surface area contributed by atoms with Gasteiger partial charge in [-0.2, -0.15) is 0 Å². The summed E-state index contributed by atoms with van der Waals surface area (Å²) < 4.78 is 4.92. The average Bonchev–Trinajstić information content (AvgIpc) is 2.27. The molecule has 2 atom stereocenters. The Morgan fingerprint density at radius 3 is 2.87 bits per heavy atom. The lowest BCUT2D eigenvalue weighted by atomic mass is 9.95. The lowest BCUT2D eigenvalue weighted by Gasteiger charge is -2.30. The smallest absolute Gasteiger partial charge is 0.315 e. The van der Waals surface area contributed by atoms with Gasteiger partial charge in [0, 0.05) is 11.3 Å². The van der Waals surface area contributed by atoms with Gasteiger partial charge < -0.3 is 10.1 Å². The van der Waals surface area contributed by atoms with Crippen molar-refractivity contribution in [2.45, 2.75) is 43.9 Å². The van der Waals surface area contributed by atoms with Crippen LogP contribution in [0.1, 0.15) is 32.6 Å². The molecule has 1 N–H and O–H groups in total. The highest BCUT2D eigenvalue weighted by atomic mass is 32.2. The third kappa shape index (κ3) is 4.43. The Morgan fingerprint density at radius 2 is 2.20 bits per heavy atom. The molecule has 2 unspecified atom stereocenters. The van der Waals surface area contributed by atoms with E-state index in [2.05, 4.69) is 5.32 Å². The van der Waals surface area contributed by atoms with E-state index in [0.29, 0.717) is 23.7 Å². The highest BCUT2D eigenvalue weighted by Gasteiger charge is 2.24. The number of carbonyl (C=O) groups excluding carboxylic acids is 1. The quantitative estimate of drug-likeness (QED) is 0.732.